The molecule has 0 bridgehead atoms. The first kappa shape index (κ1) is 26.9. The second-order valence-corrected chi connectivity index (χ2v) is 12.1. The highest BCUT2D eigenvalue weighted by Gasteiger charge is 2.27. The van der Waals surface area contributed by atoms with Crippen LogP contribution in [0, 0.1) is 18.8 Å². The van der Waals surface area contributed by atoms with E-state index in [0.717, 1.165) is 16.8 Å². The summed E-state index contributed by atoms with van der Waals surface area (Å²) in [5.74, 6) is 6.22. The molecule has 1 N–H and O–H groups in total. The van der Waals surface area contributed by atoms with Crippen molar-refractivity contribution >= 4 is 38.9 Å². The Morgan fingerprint density at radius 1 is 1.00 bits per heavy atom. The van der Waals surface area contributed by atoms with Gasteiger partial charge in [-0.25, -0.2) is 18.4 Å². The van der Waals surface area contributed by atoms with Gasteiger partial charge in [0.15, 0.2) is 15.5 Å². The van der Waals surface area contributed by atoms with Gasteiger partial charge in [-0.1, -0.05) is 35.0 Å². The van der Waals surface area contributed by atoms with Crippen molar-refractivity contribution in [3.8, 4) is 28.9 Å². The van der Waals surface area contributed by atoms with Crippen molar-refractivity contribution in [2.24, 2.45) is 0 Å². The fraction of sp³-hybridized carbons (Fsp3) is 0.179. The summed E-state index contributed by atoms with van der Waals surface area (Å²) in [4.78, 5) is 22.0. The lowest BCUT2D eigenvalue weighted by molar-refractivity contribution is 0.0796. The van der Waals surface area contributed by atoms with E-state index in [2.05, 4.69) is 27.2 Å². The lowest BCUT2D eigenvalue weighted by Gasteiger charge is -2.26. The van der Waals surface area contributed by atoms with Crippen LogP contribution < -0.4 is 5.43 Å². The highest BCUT2D eigenvalue weighted by Crippen LogP contribution is 2.33. The molecule has 5 rings (SSSR count). The van der Waals surface area contributed by atoms with Crippen molar-refractivity contribution in [3.05, 3.63) is 99.6 Å². The number of pyridine rings is 1. The summed E-state index contributed by atoms with van der Waals surface area (Å²) in [6.07, 6.45) is 3.40. The number of hydrazine groups is 1. The molecule has 0 saturated carbocycles. The predicted octanol–water partition coefficient (Wildman–Crippen LogP) is 4.32. The molecule has 1 fully saturated rings. The molecule has 4 aromatic rings. The predicted molar refractivity (Wildman–Crippen MR) is 152 cm³/mol. The normalized spacial score (nSPS) is 14.8. The zero-order valence-corrected chi connectivity index (χ0v) is 23.2. The van der Waals surface area contributed by atoms with Crippen LogP contribution in [0.5, 0.6) is 0 Å². The zero-order chi connectivity index (χ0) is 27.6. The highest BCUT2D eigenvalue weighted by molar-refractivity contribution is 7.91. The van der Waals surface area contributed by atoms with E-state index in [1.54, 1.807) is 42.5 Å². The maximum absolute atomic E-state index is 13.3. The lowest BCUT2D eigenvalue weighted by atomic mass is 10.1. The second kappa shape index (κ2) is 11.2. The summed E-state index contributed by atoms with van der Waals surface area (Å²) in [7, 11) is -3.08. The van der Waals surface area contributed by atoms with E-state index in [4.69, 9.17) is 23.2 Å². The van der Waals surface area contributed by atoms with Gasteiger partial charge in [0, 0.05) is 52.9 Å². The Balaban J connectivity index is 1.51. The topological polar surface area (TPSA) is 97.2 Å². The third kappa shape index (κ3) is 6.15. The van der Waals surface area contributed by atoms with Crippen LogP contribution in [0.15, 0.2) is 67.0 Å². The minimum absolute atomic E-state index is 0.0115. The van der Waals surface area contributed by atoms with E-state index >= 15 is 0 Å². The van der Waals surface area contributed by atoms with Crippen LogP contribution in [0.25, 0.3) is 17.1 Å². The number of carbonyl (C=O) groups excluding carboxylic acids is 1. The molecule has 1 aliphatic rings. The Labute approximate surface area is 236 Å². The standard InChI is InChI=1S/C28H23Cl2N5O3S/c1-19-26(28(36)33-34-13-15-39(37,38)16-14-34)32-27(24-11-8-22(29)17-25(24)30)35(19)23-9-6-20(7-10-23)4-5-21-3-2-12-31-18-21/h2-3,6-12,17-18H,13-16H2,1H3,(H,33,36). The van der Waals surface area contributed by atoms with Gasteiger partial charge in [0.25, 0.3) is 5.91 Å². The number of rotatable bonds is 4. The first-order valence-electron chi connectivity index (χ1n) is 12.0. The van der Waals surface area contributed by atoms with Gasteiger partial charge in [0.2, 0.25) is 0 Å². The number of sulfone groups is 1. The SMILES string of the molecule is Cc1c(C(=O)NN2CCS(=O)(=O)CC2)nc(-c2ccc(Cl)cc2Cl)n1-c1ccc(C#Cc2cccnc2)cc1. The molecule has 0 atom stereocenters. The first-order valence-corrected chi connectivity index (χ1v) is 14.6. The number of imidazole rings is 1. The molecule has 11 heteroatoms. The minimum Gasteiger partial charge on any atom is -0.296 e. The Kier molecular flexibility index (Phi) is 7.73. The largest absolute Gasteiger partial charge is 0.296 e. The van der Waals surface area contributed by atoms with Crippen LogP contribution in [-0.2, 0) is 9.84 Å². The molecule has 198 valence electrons. The van der Waals surface area contributed by atoms with Crippen molar-refractivity contribution in [2.45, 2.75) is 6.92 Å². The van der Waals surface area contributed by atoms with E-state index in [0.29, 0.717) is 27.1 Å². The average molecular weight is 580 g/mol. The van der Waals surface area contributed by atoms with Crippen LogP contribution in [0.2, 0.25) is 10.0 Å². The zero-order valence-electron chi connectivity index (χ0n) is 20.9. The number of hydrogen-bond donors (Lipinski definition) is 1. The molecular weight excluding hydrogens is 557 g/mol. The van der Waals surface area contributed by atoms with Crippen molar-refractivity contribution < 1.29 is 13.2 Å². The van der Waals surface area contributed by atoms with Crippen LogP contribution in [0.1, 0.15) is 27.3 Å². The number of carbonyl (C=O) groups is 1. The van der Waals surface area contributed by atoms with Crippen molar-refractivity contribution in [1.82, 2.24) is 25.0 Å². The number of amides is 1. The van der Waals surface area contributed by atoms with Gasteiger partial charge in [0.1, 0.15) is 5.82 Å². The maximum Gasteiger partial charge on any atom is 0.286 e. The maximum atomic E-state index is 13.3. The Bertz CT molecular complexity index is 1700. The van der Waals surface area contributed by atoms with Crippen molar-refractivity contribution in [2.75, 3.05) is 24.6 Å². The quantitative estimate of drug-likeness (QED) is 0.361. The number of benzene rings is 2. The van der Waals surface area contributed by atoms with Crippen LogP contribution in [0.4, 0.5) is 0 Å². The summed E-state index contributed by atoms with van der Waals surface area (Å²) in [6, 6.07) is 16.4. The van der Waals surface area contributed by atoms with Gasteiger partial charge in [0.05, 0.1) is 22.2 Å². The molecule has 1 amide bonds. The summed E-state index contributed by atoms with van der Waals surface area (Å²) in [5.41, 5.74) is 6.58. The molecule has 8 nitrogen and oxygen atoms in total. The van der Waals surface area contributed by atoms with E-state index in [1.165, 1.54) is 0 Å². The molecule has 0 radical (unpaired) electrons. The Morgan fingerprint density at radius 2 is 1.72 bits per heavy atom. The van der Waals surface area contributed by atoms with Gasteiger partial charge < -0.3 is 0 Å². The van der Waals surface area contributed by atoms with E-state index < -0.39 is 15.7 Å². The molecule has 2 aromatic heterocycles. The summed E-state index contributed by atoms with van der Waals surface area (Å²) < 4.78 is 25.4. The molecule has 1 saturated heterocycles. The fourth-order valence-corrected chi connectivity index (χ4v) is 5.87. The van der Waals surface area contributed by atoms with E-state index in [1.807, 2.05) is 41.0 Å². The van der Waals surface area contributed by atoms with Gasteiger partial charge in [-0.05, 0) is 61.5 Å². The van der Waals surface area contributed by atoms with E-state index in [9.17, 15) is 13.2 Å². The lowest BCUT2D eigenvalue weighted by Crippen LogP contribution is -2.50. The summed E-state index contributed by atoms with van der Waals surface area (Å²) >= 11 is 12.7. The molecule has 2 aromatic carbocycles. The summed E-state index contributed by atoms with van der Waals surface area (Å²) in [5, 5.41) is 2.47. The van der Waals surface area contributed by atoms with Gasteiger partial charge in [-0.3, -0.25) is 19.8 Å². The molecule has 1 aliphatic heterocycles. The molecule has 0 spiro atoms. The van der Waals surface area contributed by atoms with Crippen LogP contribution in [0.3, 0.4) is 0 Å². The highest BCUT2D eigenvalue weighted by atomic mass is 35.5. The molecule has 3 heterocycles. The average Bonchev–Trinajstić information content (AvgIpc) is 3.26. The van der Waals surface area contributed by atoms with Gasteiger partial charge in [-0.15, -0.1) is 0 Å². The van der Waals surface area contributed by atoms with Crippen LogP contribution in [-0.4, -0.2) is 58.5 Å². The summed E-state index contributed by atoms with van der Waals surface area (Å²) in [6.45, 7) is 2.22. The molecular formula is C28H23Cl2N5O3S. The number of aromatic nitrogens is 3. The van der Waals surface area contributed by atoms with E-state index in [-0.39, 0.29) is 30.3 Å². The fourth-order valence-electron chi connectivity index (χ4n) is 4.18. The number of hydrogen-bond acceptors (Lipinski definition) is 6. The second-order valence-electron chi connectivity index (χ2n) is 8.95. The Hall–Kier alpha value is -3.68. The van der Waals surface area contributed by atoms with Gasteiger partial charge in [-0.2, -0.15) is 0 Å². The van der Waals surface area contributed by atoms with Crippen molar-refractivity contribution in [3.63, 3.8) is 0 Å². The monoisotopic (exact) mass is 579 g/mol. The molecule has 0 aliphatic carbocycles. The number of halogens is 2. The number of nitrogens with one attached hydrogen (secondary N) is 1. The molecule has 0 unspecified atom stereocenters. The Morgan fingerprint density at radius 3 is 2.38 bits per heavy atom. The molecule has 39 heavy (non-hydrogen) atoms. The third-order valence-corrected chi connectivity index (χ3v) is 8.39. The first-order chi connectivity index (χ1) is 18.7. The number of nitrogens with zero attached hydrogens (tertiary/aromatic N) is 4. The smallest absolute Gasteiger partial charge is 0.286 e. The van der Waals surface area contributed by atoms with Crippen molar-refractivity contribution in [1.29, 1.82) is 0 Å². The third-order valence-electron chi connectivity index (χ3n) is 6.24. The van der Waals surface area contributed by atoms with Crippen LogP contribution >= 0.6 is 23.2 Å². The minimum atomic E-state index is -3.08. The van der Waals surface area contributed by atoms with Gasteiger partial charge >= 0.3 is 0 Å².